The molecule has 392 valence electrons. The van der Waals surface area contributed by atoms with Crippen LogP contribution in [0.25, 0.3) is 22.3 Å². The SMILES string of the molecule is CCC(C)(C)c1ccc(N2c3ccc(C(C)(C)CC)cc3B3c4cc(C(C)(C)CC)ccc4N(c4ccc(C(C)(C)CC)cc4)c4cc(N(c5cccc(-c6ccccc6)c5)c5cccc(-c6ccccc6)c5)cc2c43)cc1. The van der Waals surface area contributed by atoms with Crippen LogP contribution in [0.2, 0.25) is 0 Å². The molecule has 3 nitrogen and oxygen atoms in total. The lowest BCUT2D eigenvalue weighted by molar-refractivity contribution is 0.506. The third-order valence-electron chi connectivity index (χ3n) is 18.6. The Kier molecular flexibility index (Phi) is 13.7. The van der Waals surface area contributed by atoms with Crippen molar-refractivity contribution in [2.24, 2.45) is 0 Å². The Morgan fingerprint density at radius 3 is 1.04 bits per heavy atom. The van der Waals surface area contributed by atoms with E-state index in [1.165, 1.54) is 83.6 Å². The number of anilines is 9. The molecule has 4 heteroatoms. The summed E-state index contributed by atoms with van der Waals surface area (Å²) in [7, 11) is 0. The van der Waals surface area contributed by atoms with Crippen molar-refractivity contribution in [3.63, 3.8) is 0 Å². The van der Waals surface area contributed by atoms with Crippen molar-refractivity contribution in [1.29, 1.82) is 0 Å². The molecule has 2 heterocycles. The average Bonchev–Trinajstić information content (AvgIpc) is 3.64. The summed E-state index contributed by atoms with van der Waals surface area (Å²) in [6.07, 6.45) is 4.19. The van der Waals surface area contributed by atoms with Gasteiger partial charge in [-0.3, -0.25) is 0 Å². The summed E-state index contributed by atoms with van der Waals surface area (Å²) in [4.78, 5) is 7.72. The molecule has 78 heavy (non-hydrogen) atoms. The maximum atomic E-state index is 2.61. The van der Waals surface area contributed by atoms with Crippen LogP contribution in [0, 0.1) is 0 Å². The van der Waals surface area contributed by atoms with E-state index in [4.69, 9.17) is 0 Å². The topological polar surface area (TPSA) is 9.72 Å². The molecule has 0 N–H and O–H groups in total. The van der Waals surface area contributed by atoms with Crippen LogP contribution in [0.5, 0.6) is 0 Å². The van der Waals surface area contributed by atoms with Gasteiger partial charge in [0.15, 0.2) is 0 Å². The molecule has 9 aromatic carbocycles. The molecular weight excluding hydrogens is 942 g/mol. The van der Waals surface area contributed by atoms with Crippen molar-refractivity contribution in [1.82, 2.24) is 0 Å². The molecule has 0 saturated heterocycles. The molecular formula is C74H78BN3. The van der Waals surface area contributed by atoms with Crippen LogP contribution in [0.4, 0.5) is 51.2 Å². The van der Waals surface area contributed by atoms with Crippen LogP contribution >= 0.6 is 0 Å². The predicted octanol–water partition coefficient (Wildman–Crippen LogP) is 19.3. The first kappa shape index (κ1) is 52.5. The van der Waals surface area contributed by atoms with Gasteiger partial charge >= 0.3 is 0 Å². The molecule has 0 aliphatic carbocycles. The van der Waals surface area contributed by atoms with Crippen molar-refractivity contribution in [3.8, 4) is 22.3 Å². The standard InChI is InChI=1S/C74H78BN3/c1-13-71(5,6)55-33-39-59(40-34-55)77-66-43-37-57(73(9,10)15-3)47-64(66)75-65-48-58(74(11,12)16-4)38-44-67(65)78(60-41-35-56(36-42-60)72(7,8)14-2)69-50-63(49-68(77)70(69)75)76(61-31-23-29-53(45-61)51-25-19-17-20-26-51)62-32-24-30-54(46-62)52-27-21-18-22-28-52/h17-50H,13-16H2,1-12H3. The van der Waals surface area contributed by atoms with Crippen molar-refractivity contribution in [3.05, 3.63) is 229 Å². The van der Waals surface area contributed by atoms with Gasteiger partial charge in [-0.2, -0.15) is 0 Å². The van der Waals surface area contributed by atoms with Crippen LogP contribution in [0.15, 0.2) is 206 Å². The van der Waals surface area contributed by atoms with Crippen LogP contribution in [0.1, 0.15) is 131 Å². The second-order valence-electron chi connectivity index (χ2n) is 24.8. The third-order valence-corrected chi connectivity index (χ3v) is 18.6. The van der Waals surface area contributed by atoms with Crippen LogP contribution in [0.3, 0.4) is 0 Å². The van der Waals surface area contributed by atoms with Gasteiger partial charge in [0.25, 0.3) is 6.71 Å². The molecule has 11 rings (SSSR count). The van der Waals surface area contributed by atoms with E-state index in [1.54, 1.807) is 0 Å². The van der Waals surface area contributed by atoms with Crippen LogP contribution in [-0.4, -0.2) is 6.71 Å². The van der Waals surface area contributed by atoms with E-state index in [-0.39, 0.29) is 28.4 Å². The summed E-state index contributed by atoms with van der Waals surface area (Å²) >= 11 is 0. The molecule has 9 aromatic rings. The average molecular weight is 1020 g/mol. The summed E-state index contributed by atoms with van der Waals surface area (Å²) in [5.74, 6) is 0. The Hall–Kier alpha value is -7.56. The number of benzene rings is 9. The van der Waals surface area contributed by atoms with E-state index < -0.39 is 0 Å². The van der Waals surface area contributed by atoms with Gasteiger partial charge in [0, 0.05) is 45.5 Å². The number of hydrogen-bond donors (Lipinski definition) is 0. The summed E-state index contributed by atoms with van der Waals surface area (Å²) in [6, 6.07) is 78.8. The largest absolute Gasteiger partial charge is 0.311 e. The second kappa shape index (κ2) is 20.3. The highest BCUT2D eigenvalue weighted by Crippen LogP contribution is 2.50. The first-order valence-corrected chi connectivity index (χ1v) is 28.9. The number of hydrogen-bond acceptors (Lipinski definition) is 3. The lowest BCUT2D eigenvalue weighted by Gasteiger charge is -2.46. The Balaban J connectivity index is 1.27. The zero-order chi connectivity index (χ0) is 54.7. The fourth-order valence-electron chi connectivity index (χ4n) is 11.8. The number of rotatable bonds is 15. The highest BCUT2D eigenvalue weighted by atomic mass is 15.2. The van der Waals surface area contributed by atoms with Crippen molar-refractivity contribution >= 4 is 74.3 Å². The van der Waals surface area contributed by atoms with Gasteiger partial charge in [0.2, 0.25) is 0 Å². The zero-order valence-corrected chi connectivity index (χ0v) is 48.4. The minimum atomic E-state index is -0.0466. The third kappa shape index (κ3) is 9.35. The molecule has 0 aromatic heterocycles. The van der Waals surface area contributed by atoms with Crippen LogP contribution < -0.4 is 31.1 Å². The van der Waals surface area contributed by atoms with E-state index in [1.807, 2.05) is 0 Å². The van der Waals surface area contributed by atoms with Crippen molar-refractivity contribution in [2.45, 2.75) is 130 Å². The quantitative estimate of drug-likeness (QED) is 0.0948. The van der Waals surface area contributed by atoms with E-state index in [0.29, 0.717) is 0 Å². The van der Waals surface area contributed by atoms with Gasteiger partial charge in [0.05, 0.1) is 5.69 Å². The van der Waals surface area contributed by atoms with Gasteiger partial charge < -0.3 is 14.7 Å². The van der Waals surface area contributed by atoms with Gasteiger partial charge in [-0.15, -0.1) is 0 Å². The summed E-state index contributed by atoms with van der Waals surface area (Å²) in [5.41, 5.74) is 24.6. The zero-order valence-electron chi connectivity index (χ0n) is 48.4. The molecule has 2 aliphatic rings. The summed E-state index contributed by atoms with van der Waals surface area (Å²) in [6.45, 7) is 28.3. The Morgan fingerprint density at radius 2 is 0.667 bits per heavy atom. The van der Waals surface area contributed by atoms with E-state index in [2.05, 4.69) is 304 Å². The highest BCUT2D eigenvalue weighted by molar-refractivity contribution is 7.00. The summed E-state index contributed by atoms with van der Waals surface area (Å²) < 4.78 is 0. The maximum absolute atomic E-state index is 2.61. The Bertz CT molecular complexity index is 3390. The van der Waals surface area contributed by atoms with Gasteiger partial charge in [0.1, 0.15) is 0 Å². The lowest BCUT2D eigenvalue weighted by atomic mass is 9.33. The van der Waals surface area contributed by atoms with Gasteiger partial charge in [-0.05, 0) is 181 Å². The van der Waals surface area contributed by atoms with Crippen molar-refractivity contribution < 1.29 is 0 Å². The monoisotopic (exact) mass is 1020 g/mol. The molecule has 0 bridgehead atoms. The van der Waals surface area contributed by atoms with E-state index >= 15 is 0 Å². The number of fused-ring (bicyclic) bond motifs is 4. The first-order valence-electron chi connectivity index (χ1n) is 28.9. The van der Waals surface area contributed by atoms with Crippen molar-refractivity contribution in [2.75, 3.05) is 14.7 Å². The molecule has 0 radical (unpaired) electrons. The lowest BCUT2D eigenvalue weighted by Crippen LogP contribution is -2.61. The Morgan fingerprint density at radius 1 is 0.321 bits per heavy atom. The Labute approximate surface area is 467 Å². The molecule has 0 atom stereocenters. The maximum Gasteiger partial charge on any atom is 0.252 e. The molecule has 0 spiro atoms. The normalized spacial score (nSPS) is 13.3. The highest BCUT2D eigenvalue weighted by Gasteiger charge is 2.45. The van der Waals surface area contributed by atoms with Crippen LogP contribution in [-0.2, 0) is 21.7 Å². The molecule has 2 aliphatic heterocycles. The minimum Gasteiger partial charge on any atom is -0.311 e. The fourth-order valence-corrected chi connectivity index (χ4v) is 11.8. The minimum absolute atomic E-state index is 0.0210. The fraction of sp³-hybridized carbons (Fsp3) is 0.270. The molecule has 0 amide bonds. The molecule has 0 fully saturated rings. The molecule has 0 unspecified atom stereocenters. The predicted molar refractivity (Wildman–Crippen MR) is 339 cm³/mol. The van der Waals surface area contributed by atoms with Gasteiger partial charge in [-0.25, -0.2) is 0 Å². The number of nitrogens with zero attached hydrogens (tertiary/aromatic N) is 3. The first-order chi connectivity index (χ1) is 37.5. The second-order valence-corrected chi connectivity index (χ2v) is 24.8. The molecule has 0 saturated carbocycles. The summed E-state index contributed by atoms with van der Waals surface area (Å²) in [5, 5.41) is 0. The van der Waals surface area contributed by atoms with E-state index in [0.717, 1.165) is 54.1 Å². The van der Waals surface area contributed by atoms with E-state index in [9.17, 15) is 0 Å². The van der Waals surface area contributed by atoms with Gasteiger partial charge in [-0.1, -0.05) is 217 Å². The smallest absolute Gasteiger partial charge is 0.252 e.